The van der Waals surface area contributed by atoms with Gasteiger partial charge in [0.1, 0.15) is 11.6 Å². The SMILES string of the molecule is Brc1ccc(CN2CCc3nc(C4CC4)ncc3C2)o1. The molecular weight excluding hydrogens is 318 g/mol. The number of rotatable bonds is 3. The van der Waals surface area contributed by atoms with Crippen molar-refractivity contribution in [3.8, 4) is 0 Å². The van der Waals surface area contributed by atoms with Gasteiger partial charge in [-0.05, 0) is 40.9 Å². The lowest BCUT2D eigenvalue weighted by Gasteiger charge is -2.27. The van der Waals surface area contributed by atoms with Crippen LogP contribution in [0.1, 0.15) is 41.6 Å². The average Bonchev–Trinajstić information content (AvgIpc) is 3.22. The highest BCUT2D eigenvalue weighted by Crippen LogP contribution is 2.38. The maximum absolute atomic E-state index is 5.58. The van der Waals surface area contributed by atoms with Gasteiger partial charge in [0.15, 0.2) is 4.67 Å². The second-order valence-corrected chi connectivity index (χ2v) is 6.42. The molecule has 0 spiro atoms. The highest BCUT2D eigenvalue weighted by molar-refractivity contribution is 9.10. The second-order valence-electron chi connectivity index (χ2n) is 5.64. The normalized spacial score (nSPS) is 19.1. The molecule has 5 heteroatoms. The fourth-order valence-corrected chi connectivity index (χ4v) is 3.06. The van der Waals surface area contributed by atoms with E-state index < -0.39 is 0 Å². The quantitative estimate of drug-likeness (QED) is 0.864. The van der Waals surface area contributed by atoms with E-state index in [0.29, 0.717) is 5.92 Å². The van der Waals surface area contributed by atoms with Crippen LogP contribution in [0.15, 0.2) is 27.4 Å². The van der Waals surface area contributed by atoms with Gasteiger partial charge in [-0.2, -0.15) is 0 Å². The molecule has 1 fully saturated rings. The van der Waals surface area contributed by atoms with Crippen LogP contribution in [0.2, 0.25) is 0 Å². The first-order valence-electron chi connectivity index (χ1n) is 7.09. The van der Waals surface area contributed by atoms with E-state index in [-0.39, 0.29) is 0 Å². The maximum Gasteiger partial charge on any atom is 0.169 e. The zero-order chi connectivity index (χ0) is 13.5. The van der Waals surface area contributed by atoms with E-state index in [1.165, 1.54) is 24.1 Å². The zero-order valence-corrected chi connectivity index (χ0v) is 12.8. The number of hydrogen-bond donors (Lipinski definition) is 0. The molecule has 2 aromatic rings. The van der Waals surface area contributed by atoms with Crippen molar-refractivity contribution in [3.63, 3.8) is 0 Å². The molecule has 3 heterocycles. The van der Waals surface area contributed by atoms with Crippen LogP contribution in [0.4, 0.5) is 0 Å². The lowest BCUT2D eigenvalue weighted by Crippen LogP contribution is -2.31. The molecule has 0 bridgehead atoms. The predicted octanol–water partition coefficient (Wildman–Crippen LogP) is 3.27. The summed E-state index contributed by atoms with van der Waals surface area (Å²) in [6.07, 6.45) is 5.57. The zero-order valence-electron chi connectivity index (χ0n) is 11.2. The molecule has 0 N–H and O–H groups in total. The third-order valence-electron chi connectivity index (χ3n) is 3.98. The van der Waals surface area contributed by atoms with Gasteiger partial charge in [0.05, 0.1) is 6.54 Å². The third kappa shape index (κ3) is 2.52. The van der Waals surface area contributed by atoms with Crippen LogP contribution in [0, 0.1) is 0 Å². The van der Waals surface area contributed by atoms with Crippen LogP contribution < -0.4 is 0 Å². The van der Waals surface area contributed by atoms with Crippen LogP contribution in [0.5, 0.6) is 0 Å². The Morgan fingerprint density at radius 1 is 1.35 bits per heavy atom. The van der Waals surface area contributed by atoms with Crippen molar-refractivity contribution in [2.45, 2.75) is 38.3 Å². The molecule has 0 saturated heterocycles. The van der Waals surface area contributed by atoms with Crippen LogP contribution in [0.25, 0.3) is 0 Å². The van der Waals surface area contributed by atoms with E-state index >= 15 is 0 Å². The van der Waals surface area contributed by atoms with Crippen molar-refractivity contribution in [1.82, 2.24) is 14.9 Å². The van der Waals surface area contributed by atoms with Crippen molar-refractivity contribution in [1.29, 1.82) is 0 Å². The smallest absolute Gasteiger partial charge is 0.169 e. The molecule has 0 aromatic carbocycles. The Balaban J connectivity index is 1.48. The summed E-state index contributed by atoms with van der Waals surface area (Å²) in [5.41, 5.74) is 2.52. The average molecular weight is 334 g/mol. The molecule has 2 aliphatic rings. The van der Waals surface area contributed by atoms with Crippen LogP contribution >= 0.6 is 15.9 Å². The summed E-state index contributed by atoms with van der Waals surface area (Å²) in [7, 11) is 0. The minimum Gasteiger partial charge on any atom is -0.453 e. The fourth-order valence-electron chi connectivity index (χ4n) is 2.72. The largest absolute Gasteiger partial charge is 0.453 e. The number of nitrogens with zero attached hydrogens (tertiary/aromatic N) is 3. The van der Waals surface area contributed by atoms with Crippen LogP contribution in [-0.4, -0.2) is 21.4 Å². The fraction of sp³-hybridized carbons (Fsp3) is 0.467. The van der Waals surface area contributed by atoms with Crippen molar-refractivity contribution >= 4 is 15.9 Å². The van der Waals surface area contributed by atoms with E-state index in [9.17, 15) is 0 Å². The molecule has 0 unspecified atom stereocenters. The predicted molar refractivity (Wildman–Crippen MR) is 78.2 cm³/mol. The number of fused-ring (bicyclic) bond motifs is 1. The molecular formula is C15H16BrN3O. The summed E-state index contributed by atoms with van der Waals surface area (Å²) >= 11 is 3.34. The van der Waals surface area contributed by atoms with Gasteiger partial charge in [-0.3, -0.25) is 4.90 Å². The third-order valence-corrected chi connectivity index (χ3v) is 4.41. The highest BCUT2D eigenvalue weighted by atomic mass is 79.9. The van der Waals surface area contributed by atoms with Gasteiger partial charge in [-0.25, -0.2) is 9.97 Å². The van der Waals surface area contributed by atoms with E-state index in [4.69, 9.17) is 9.40 Å². The minimum absolute atomic E-state index is 0.638. The van der Waals surface area contributed by atoms with Gasteiger partial charge in [-0.1, -0.05) is 0 Å². The maximum atomic E-state index is 5.58. The Morgan fingerprint density at radius 2 is 2.25 bits per heavy atom. The van der Waals surface area contributed by atoms with Crippen molar-refractivity contribution in [3.05, 3.63) is 45.8 Å². The van der Waals surface area contributed by atoms with Crippen LogP contribution in [-0.2, 0) is 19.5 Å². The van der Waals surface area contributed by atoms with Gasteiger partial charge in [0.25, 0.3) is 0 Å². The molecule has 0 atom stereocenters. The van der Waals surface area contributed by atoms with Gasteiger partial charge in [0.2, 0.25) is 0 Å². The summed E-state index contributed by atoms with van der Waals surface area (Å²) < 4.78 is 6.37. The molecule has 104 valence electrons. The molecule has 4 nitrogen and oxygen atoms in total. The van der Waals surface area contributed by atoms with Crippen LogP contribution in [0.3, 0.4) is 0 Å². The van der Waals surface area contributed by atoms with Gasteiger partial charge in [0, 0.05) is 42.9 Å². The van der Waals surface area contributed by atoms with E-state index in [2.05, 4.69) is 25.8 Å². The Kier molecular flexibility index (Phi) is 3.11. The molecule has 1 aliphatic carbocycles. The van der Waals surface area contributed by atoms with Gasteiger partial charge < -0.3 is 4.42 Å². The van der Waals surface area contributed by atoms with E-state index in [1.54, 1.807) is 0 Å². The van der Waals surface area contributed by atoms with E-state index in [0.717, 1.165) is 42.3 Å². The molecule has 2 aromatic heterocycles. The molecule has 4 rings (SSSR count). The number of hydrogen-bond acceptors (Lipinski definition) is 4. The highest BCUT2D eigenvalue weighted by Gasteiger charge is 2.28. The minimum atomic E-state index is 0.638. The Morgan fingerprint density at radius 3 is 3.00 bits per heavy atom. The summed E-state index contributed by atoms with van der Waals surface area (Å²) in [5, 5.41) is 0. The Hall–Kier alpha value is -1.20. The summed E-state index contributed by atoms with van der Waals surface area (Å²) in [5.74, 6) is 2.70. The monoisotopic (exact) mass is 333 g/mol. The summed E-state index contributed by atoms with van der Waals surface area (Å²) in [6, 6.07) is 3.96. The van der Waals surface area contributed by atoms with E-state index in [1.807, 2.05) is 18.3 Å². The molecule has 20 heavy (non-hydrogen) atoms. The first-order valence-corrected chi connectivity index (χ1v) is 7.88. The van der Waals surface area contributed by atoms with Crippen molar-refractivity contribution in [2.75, 3.05) is 6.54 Å². The standard InChI is InChI=1S/C15H16BrN3O/c16-14-4-3-12(20-14)9-19-6-5-13-11(8-19)7-17-15(18-13)10-1-2-10/h3-4,7,10H,1-2,5-6,8-9H2. The Bertz CT molecular complexity index is 636. The molecule has 0 radical (unpaired) electrons. The number of furan rings is 1. The summed E-state index contributed by atoms with van der Waals surface area (Å²) in [4.78, 5) is 11.7. The molecule has 1 saturated carbocycles. The van der Waals surface area contributed by atoms with Crippen molar-refractivity contribution in [2.24, 2.45) is 0 Å². The number of halogens is 1. The molecule has 1 aliphatic heterocycles. The molecule has 0 amide bonds. The number of aromatic nitrogens is 2. The lowest BCUT2D eigenvalue weighted by molar-refractivity contribution is 0.222. The van der Waals surface area contributed by atoms with Gasteiger partial charge >= 0.3 is 0 Å². The lowest BCUT2D eigenvalue weighted by atomic mass is 10.1. The first-order chi connectivity index (χ1) is 9.78. The summed E-state index contributed by atoms with van der Waals surface area (Å²) in [6.45, 7) is 2.79. The van der Waals surface area contributed by atoms with Gasteiger partial charge in [-0.15, -0.1) is 0 Å². The Labute approximate surface area is 126 Å². The first kappa shape index (κ1) is 12.5. The second kappa shape index (κ2) is 4.97. The van der Waals surface area contributed by atoms with Crippen molar-refractivity contribution < 1.29 is 4.42 Å². The topological polar surface area (TPSA) is 42.2 Å².